The molecule has 3 N–H and O–H groups in total. The van der Waals surface area contributed by atoms with Gasteiger partial charge in [0.1, 0.15) is 23.8 Å². The maximum Gasteiger partial charge on any atom is 0.267 e. The number of aromatic nitrogens is 6. The molecule has 13 heteroatoms. The smallest absolute Gasteiger partial charge is 0.267 e. The largest absolute Gasteiger partial charge is 0.473 e. The fraction of sp³-hybridized carbons (Fsp3) is 0.517. The number of nitrogens with zero attached hydrogens (tertiary/aromatic N) is 8. The molecule has 1 saturated heterocycles. The second-order valence-corrected chi connectivity index (χ2v) is 12.7. The van der Waals surface area contributed by atoms with Gasteiger partial charge in [-0.3, -0.25) is 4.79 Å². The zero-order chi connectivity index (χ0) is 29.4. The lowest BCUT2D eigenvalue weighted by molar-refractivity contribution is 0.0907. The highest BCUT2D eigenvalue weighted by atomic mass is 32.1. The molecule has 42 heavy (non-hydrogen) atoms. The van der Waals surface area contributed by atoms with Crippen LogP contribution in [0.1, 0.15) is 59.0 Å². The molecule has 4 aromatic heterocycles. The van der Waals surface area contributed by atoms with Crippen LogP contribution in [0.25, 0.3) is 16.9 Å². The normalized spacial score (nSPS) is 21.2. The quantitative estimate of drug-likeness (QED) is 0.329. The number of nitrogens with one attached hydrogen (secondary N) is 1. The third kappa shape index (κ3) is 5.75. The lowest BCUT2D eigenvalue weighted by Gasteiger charge is -2.34. The van der Waals surface area contributed by atoms with Crippen molar-refractivity contribution in [3.63, 3.8) is 0 Å². The summed E-state index contributed by atoms with van der Waals surface area (Å²) in [7, 11) is 4.26. The Morgan fingerprint density at radius 1 is 1.14 bits per heavy atom. The van der Waals surface area contributed by atoms with Gasteiger partial charge in [-0.15, -0.1) is 11.3 Å². The Bertz CT molecular complexity index is 1580. The summed E-state index contributed by atoms with van der Waals surface area (Å²) in [5.74, 6) is 1.40. The summed E-state index contributed by atoms with van der Waals surface area (Å²) in [6, 6.07) is 4.44. The number of hydrogen-bond donors (Lipinski definition) is 2. The minimum Gasteiger partial charge on any atom is -0.473 e. The molecule has 0 unspecified atom stereocenters. The van der Waals surface area contributed by atoms with Crippen molar-refractivity contribution >= 4 is 34.3 Å². The predicted molar refractivity (Wildman–Crippen MR) is 163 cm³/mol. The highest BCUT2D eigenvalue weighted by molar-refractivity contribution is 7.13. The van der Waals surface area contributed by atoms with Gasteiger partial charge in [0.05, 0.1) is 22.1 Å². The maximum atomic E-state index is 13.6. The minimum absolute atomic E-state index is 0.0532. The molecule has 6 rings (SSSR count). The summed E-state index contributed by atoms with van der Waals surface area (Å²) in [6.07, 6.45) is 9.17. The van der Waals surface area contributed by atoms with Gasteiger partial charge in [0, 0.05) is 31.4 Å². The number of carbonyl (C=O) groups excluding carboxylic acids is 1. The van der Waals surface area contributed by atoms with Crippen molar-refractivity contribution < 1.29 is 9.53 Å². The fourth-order valence-corrected chi connectivity index (χ4v) is 6.86. The zero-order valence-electron chi connectivity index (χ0n) is 24.6. The first-order valence-corrected chi connectivity index (χ1v) is 15.4. The molecule has 0 bridgehead atoms. The summed E-state index contributed by atoms with van der Waals surface area (Å²) in [5.41, 5.74) is 9.59. The van der Waals surface area contributed by atoms with Crippen molar-refractivity contribution in [1.29, 1.82) is 0 Å². The molecule has 1 amide bonds. The third-order valence-corrected chi connectivity index (χ3v) is 9.21. The molecule has 0 spiro atoms. The molecule has 1 aliphatic carbocycles. The number of carbonyl (C=O) groups is 1. The molecule has 0 radical (unpaired) electrons. The van der Waals surface area contributed by atoms with Crippen molar-refractivity contribution in [2.75, 3.05) is 37.8 Å². The number of anilines is 2. The maximum absolute atomic E-state index is 13.6. The van der Waals surface area contributed by atoms with Crippen LogP contribution in [0.2, 0.25) is 0 Å². The zero-order valence-corrected chi connectivity index (χ0v) is 25.4. The van der Waals surface area contributed by atoms with Gasteiger partial charge in [-0.1, -0.05) is 0 Å². The van der Waals surface area contributed by atoms with Crippen LogP contribution in [0.3, 0.4) is 0 Å². The molecule has 12 nitrogen and oxygen atoms in total. The Labute approximate surface area is 249 Å². The molecule has 1 aliphatic heterocycles. The second kappa shape index (κ2) is 11.8. The standard InChI is InChI=1S/C29H38N10O2S/c1-17-31-12-11-22(34-17)23-14-24(25-27(30)32-16-33-39(23)25)38-13-5-6-19(15-38)36-28(40)26-29(35-18(2)42-26)41-21-9-7-20(8-10-21)37(3)4/h11-12,14,16,19-21H,5-10,13,15H2,1-4H3,(H,36,40)(H2,30,32,33)/t19-,20?,21?/m1/s1. The van der Waals surface area contributed by atoms with Crippen LogP contribution >= 0.6 is 11.3 Å². The number of amides is 1. The Hall–Kier alpha value is -3.84. The van der Waals surface area contributed by atoms with Gasteiger partial charge in [0.2, 0.25) is 5.88 Å². The lowest BCUT2D eigenvalue weighted by Crippen LogP contribution is -2.47. The van der Waals surface area contributed by atoms with E-state index in [4.69, 9.17) is 10.5 Å². The number of fused-ring (bicyclic) bond motifs is 1. The average Bonchev–Trinajstić information content (AvgIpc) is 3.55. The highest BCUT2D eigenvalue weighted by Crippen LogP contribution is 2.35. The van der Waals surface area contributed by atoms with Gasteiger partial charge in [-0.25, -0.2) is 24.5 Å². The van der Waals surface area contributed by atoms with Crippen LogP contribution in [-0.2, 0) is 0 Å². The van der Waals surface area contributed by atoms with E-state index < -0.39 is 0 Å². The monoisotopic (exact) mass is 590 g/mol. The Morgan fingerprint density at radius 3 is 2.71 bits per heavy atom. The highest BCUT2D eigenvalue weighted by Gasteiger charge is 2.30. The van der Waals surface area contributed by atoms with Gasteiger partial charge in [-0.05, 0) is 78.6 Å². The number of ether oxygens (including phenoxy) is 1. The molecule has 2 aliphatic rings. The van der Waals surface area contributed by atoms with Gasteiger partial charge in [-0.2, -0.15) is 5.10 Å². The van der Waals surface area contributed by atoms with Crippen molar-refractivity contribution in [2.45, 2.75) is 70.6 Å². The van der Waals surface area contributed by atoms with E-state index in [0.717, 1.165) is 72.7 Å². The third-order valence-electron chi connectivity index (χ3n) is 8.26. The first-order valence-electron chi connectivity index (χ1n) is 14.6. The molecule has 0 aromatic carbocycles. The van der Waals surface area contributed by atoms with Gasteiger partial charge < -0.3 is 25.6 Å². The van der Waals surface area contributed by atoms with E-state index in [1.807, 2.05) is 19.9 Å². The van der Waals surface area contributed by atoms with Crippen molar-refractivity contribution in [3.05, 3.63) is 40.4 Å². The van der Waals surface area contributed by atoms with Gasteiger partial charge in [0.25, 0.3) is 5.91 Å². The van der Waals surface area contributed by atoms with E-state index in [0.29, 0.717) is 35.0 Å². The molecular weight excluding hydrogens is 552 g/mol. The first kappa shape index (κ1) is 28.3. The van der Waals surface area contributed by atoms with Gasteiger partial charge in [0.15, 0.2) is 10.7 Å². The van der Waals surface area contributed by atoms with Crippen molar-refractivity contribution in [2.24, 2.45) is 0 Å². The van der Waals surface area contributed by atoms with Crippen molar-refractivity contribution in [3.8, 4) is 17.3 Å². The fourth-order valence-electron chi connectivity index (χ4n) is 6.10. The summed E-state index contributed by atoms with van der Waals surface area (Å²) in [4.78, 5) is 36.3. The summed E-state index contributed by atoms with van der Waals surface area (Å²) < 4.78 is 8.11. The number of rotatable bonds is 7. The van der Waals surface area contributed by atoms with Crippen LogP contribution in [0.4, 0.5) is 11.5 Å². The summed E-state index contributed by atoms with van der Waals surface area (Å²) in [6.45, 7) is 5.23. The van der Waals surface area contributed by atoms with E-state index in [1.165, 1.54) is 17.7 Å². The van der Waals surface area contributed by atoms with Crippen LogP contribution in [-0.4, -0.2) is 85.7 Å². The number of thiazole rings is 1. The molecule has 1 atom stereocenters. The Balaban J connectivity index is 1.19. The number of hydrogen-bond acceptors (Lipinski definition) is 11. The number of nitrogen functional groups attached to an aromatic ring is 1. The molecule has 222 valence electrons. The van der Waals surface area contributed by atoms with E-state index in [9.17, 15) is 4.79 Å². The number of nitrogens with two attached hydrogens (primary N) is 1. The van der Waals surface area contributed by atoms with E-state index >= 15 is 0 Å². The molecule has 4 aromatic rings. The second-order valence-electron chi connectivity index (χ2n) is 11.4. The average molecular weight is 591 g/mol. The van der Waals surface area contributed by atoms with Crippen LogP contribution < -0.4 is 20.7 Å². The van der Waals surface area contributed by atoms with Crippen LogP contribution in [0.5, 0.6) is 5.88 Å². The van der Waals surface area contributed by atoms with Crippen molar-refractivity contribution in [1.82, 2.24) is 39.8 Å². The van der Waals surface area contributed by atoms with E-state index in [2.05, 4.69) is 60.3 Å². The molecule has 2 fully saturated rings. The minimum atomic E-state index is -0.133. The van der Waals surface area contributed by atoms with Gasteiger partial charge >= 0.3 is 0 Å². The predicted octanol–water partition coefficient (Wildman–Crippen LogP) is 3.49. The molecular formula is C29H38N10O2S. The Morgan fingerprint density at radius 2 is 1.95 bits per heavy atom. The molecule has 5 heterocycles. The first-order chi connectivity index (χ1) is 20.3. The lowest BCUT2D eigenvalue weighted by atomic mass is 9.92. The Kier molecular flexibility index (Phi) is 7.95. The summed E-state index contributed by atoms with van der Waals surface area (Å²) >= 11 is 1.39. The number of piperidine rings is 1. The topological polar surface area (TPSA) is 140 Å². The number of aryl methyl sites for hydroxylation is 2. The van der Waals surface area contributed by atoms with Crippen LogP contribution in [0.15, 0.2) is 24.7 Å². The summed E-state index contributed by atoms with van der Waals surface area (Å²) in [5, 5.41) is 8.58. The van der Waals surface area contributed by atoms with E-state index in [-0.39, 0.29) is 18.1 Å². The van der Waals surface area contributed by atoms with E-state index in [1.54, 1.807) is 10.7 Å². The van der Waals surface area contributed by atoms with Crippen LogP contribution in [0, 0.1) is 13.8 Å². The SMILES string of the molecule is Cc1nccc(-c2cc(N3CCC[C@@H](NC(=O)c4sc(C)nc4OC4CCC(N(C)C)CC4)C3)c3c(N)ncnn23)n1. The molecule has 1 saturated carbocycles.